The topological polar surface area (TPSA) is 51.5 Å². The molecule has 0 amide bonds. The number of carbonyl (C=O) groups excluding carboxylic acids is 1. The van der Waals surface area contributed by atoms with Gasteiger partial charge in [0.15, 0.2) is 0 Å². The number of aliphatic hydroxyl groups is 1. The van der Waals surface area contributed by atoms with E-state index < -0.39 is 6.09 Å². The van der Waals surface area contributed by atoms with E-state index in [-0.39, 0.29) is 13.2 Å². The van der Waals surface area contributed by atoms with Crippen molar-refractivity contribution in [3.63, 3.8) is 0 Å². The van der Waals surface area contributed by atoms with Crippen molar-refractivity contribution in [2.75, 3.05) is 6.61 Å². The third-order valence-electron chi connectivity index (χ3n) is 3.99. The van der Waals surface area contributed by atoms with Gasteiger partial charge in [0.05, 0.1) is 5.52 Å². The molecule has 0 aliphatic rings. The number of fused-ring (bicyclic) bond motifs is 1. The fourth-order valence-electron chi connectivity index (χ4n) is 2.88. The fraction of sp³-hybridized carbons (Fsp3) is 0.211. The van der Waals surface area contributed by atoms with Gasteiger partial charge in [-0.1, -0.05) is 48.5 Å². The first-order valence-corrected chi connectivity index (χ1v) is 7.63. The largest absolute Gasteiger partial charge is 0.444 e. The molecule has 0 atom stereocenters. The highest BCUT2D eigenvalue weighted by molar-refractivity contribution is 5.93. The van der Waals surface area contributed by atoms with Gasteiger partial charge in [0, 0.05) is 17.7 Å². The molecular weight excluding hydrogens is 290 g/mol. The first-order valence-electron chi connectivity index (χ1n) is 7.63. The van der Waals surface area contributed by atoms with E-state index in [1.165, 1.54) is 0 Å². The van der Waals surface area contributed by atoms with Gasteiger partial charge in [-0.05, 0) is 30.5 Å². The molecule has 2 aromatic carbocycles. The number of hydrogen-bond donors (Lipinski definition) is 1. The van der Waals surface area contributed by atoms with Gasteiger partial charge >= 0.3 is 6.09 Å². The molecule has 0 fully saturated rings. The Kier molecular flexibility index (Phi) is 4.44. The molecule has 0 aliphatic heterocycles. The number of ether oxygens (including phenoxy) is 1. The zero-order valence-electron chi connectivity index (χ0n) is 13.0. The number of aromatic nitrogens is 1. The first-order chi connectivity index (χ1) is 11.2. The van der Waals surface area contributed by atoms with Crippen LogP contribution in [0.2, 0.25) is 0 Å². The molecule has 0 bridgehead atoms. The number of hydrogen-bond acceptors (Lipinski definition) is 3. The molecule has 3 aromatic rings. The van der Waals surface area contributed by atoms with Gasteiger partial charge in [0.1, 0.15) is 6.61 Å². The van der Waals surface area contributed by atoms with Crippen LogP contribution in [-0.4, -0.2) is 22.4 Å². The summed E-state index contributed by atoms with van der Waals surface area (Å²) in [6.45, 7) is 2.17. The zero-order valence-corrected chi connectivity index (χ0v) is 13.0. The Balaban J connectivity index is 1.92. The minimum atomic E-state index is -0.397. The molecule has 0 unspecified atom stereocenters. The average molecular weight is 309 g/mol. The predicted octanol–water partition coefficient (Wildman–Crippen LogP) is 3.67. The van der Waals surface area contributed by atoms with Crippen LogP contribution < -0.4 is 0 Å². The maximum absolute atomic E-state index is 12.5. The SMILES string of the molecule is Cc1c(CCO)c2ccccc2n1C(=O)OCc1ccccc1. The molecule has 0 saturated heterocycles. The summed E-state index contributed by atoms with van der Waals surface area (Å²) < 4.78 is 7.04. The minimum Gasteiger partial charge on any atom is -0.444 e. The van der Waals surface area contributed by atoms with Crippen molar-refractivity contribution in [3.05, 3.63) is 71.4 Å². The molecule has 118 valence electrons. The Morgan fingerprint density at radius 2 is 1.78 bits per heavy atom. The van der Waals surface area contributed by atoms with Crippen molar-refractivity contribution in [1.82, 2.24) is 4.57 Å². The number of rotatable bonds is 4. The molecule has 1 aromatic heterocycles. The Morgan fingerprint density at radius 1 is 1.09 bits per heavy atom. The lowest BCUT2D eigenvalue weighted by Gasteiger charge is -2.09. The van der Waals surface area contributed by atoms with E-state index in [1.807, 2.05) is 61.5 Å². The maximum atomic E-state index is 12.5. The molecule has 3 rings (SSSR count). The number of nitrogens with zero attached hydrogens (tertiary/aromatic N) is 1. The lowest BCUT2D eigenvalue weighted by molar-refractivity contribution is 0.142. The van der Waals surface area contributed by atoms with Gasteiger partial charge in [0.2, 0.25) is 0 Å². The summed E-state index contributed by atoms with van der Waals surface area (Å²) in [5.41, 5.74) is 3.56. The van der Waals surface area contributed by atoms with Crippen molar-refractivity contribution in [2.24, 2.45) is 0 Å². The third kappa shape index (κ3) is 2.98. The van der Waals surface area contributed by atoms with Crippen LogP contribution >= 0.6 is 0 Å². The van der Waals surface area contributed by atoms with Gasteiger partial charge in [-0.15, -0.1) is 0 Å². The molecule has 0 saturated carbocycles. The van der Waals surface area contributed by atoms with Crippen LogP contribution in [0.25, 0.3) is 10.9 Å². The van der Waals surface area contributed by atoms with Gasteiger partial charge in [-0.25, -0.2) is 9.36 Å². The summed E-state index contributed by atoms with van der Waals surface area (Å²) in [6, 6.07) is 17.3. The maximum Gasteiger partial charge on any atom is 0.419 e. The minimum absolute atomic E-state index is 0.0495. The smallest absolute Gasteiger partial charge is 0.419 e. The number of benzene rings is 2. The van der Waals surface area contributed by atoms with Crippen LogP contribution in [0, 0.1) is 6.92 Å². The number of carbonyl (C=O) groups is 1. The second-order valence-electron chi connectivity index (χ2n) is 5.43. The highest BCUT2D eigenvalue weighted by Gasteiger charge is 2.18. The van der Waals surface area contributed by atoms with Crippen LogP contribution in [0.4, 0.5) is 4.79 Å². The van der Waals surface area contributed by atoms with E-state index in [1.54, 1.807) is 4.57 Å². The Hall–Kier alpha value is -2.59. The van der Waals surface area contributed by atoms with E-state index >= 15 is 0 Å². The molecule has 1 N–H and O–H groups in total. The number of aliphatic hydroxyl groups excluding tert-OH is 1. The molecule has 0 aliphatic carbocycles. The van der Waals surface area contributed by atoms with E-state index in [4.69, 9.17) is 4.74 Å². The molecule has 1 heterocycles. The Bertz CT molecular complexity index is 821. The van der Waals surface area contributed by atoms with Crippen molar-refractivity contribution in [1.29, 1.82) is 0 Å². The van der Waals surface area contributed by atoms with Crippen molar-refractivity contribution in [2.45, 2.75) is 20.0 Å². The van der Waals surface area contributed by atoms with Crippen LogP contribution in [0.1, 0.15) is 16.8 Å². The lowest BCUT2D eigenvalue weighted by Crippen LogP contribution is -2.15. The summed E-state index contributed by atoms with van der Waals surface area (Å²) in [7, 11) is 0. The molecule has 23 heavy (non-hydrogen) atoms. The molecule has 4 heteroatoms. The summed E-state index contributed by atoms with van der Waals surface area (Å²) >= 11 is 0. The van der Waals surface area contributed by atoms with E-state index in [2.05, 4.69) is 0 Å². The fourth-order valence-corrected chi connectivity index (χ4v) is 2.88. The second-order valence-corrected chi connectivity index (χ2v) is 5.43. The van der Waals surface area contributed by atoms with Crippen molar-refractivity contribution >= 4 is 17.0 Å². The molecular formula is C19H19NO3. The summed E-state index contributed by atoms with van der Waals surface area (Å²) in [6.07, 6.45) is 0.123. The van der Waals surface area contributed by atoms with Crippen molar-refractivity contribution < 1.29 is 14.6 Å². The van der Waals surface area contributed by atoms with Gasteiger partial charge in [0.25, 0.3) is 0 Å². The number of para-hydroxylation sites is 1. The van der Waals surface area contributed by atoms with Crippen molar-refractivity contribution in [3.8, 4) is 0 Å². The third-order valence-corrected chi connectivity index (χ3v) is 3.99. The highest BCUT2D eigenvalue weighted by atomic mass is 16.5. The van der Waals surface area contributed by atoms with E-state index in [0.717, 1.165) is 27.7 Å². The first kappa shape index (κ1) is 15.3. The predicted molar refractivity (Wildman–Crippen MR) is 89.5 cm³/mol. The zero-order chi connectivity index (χ0) is 16.2. The second kappa shape index (κ2) is 6.67. The van der Waals surface area contributed by atoms with Gasteiger partial charge < -0.3 is 9.84 Å². The standard InChI is InChI=1S/C19H19NO3/c1-14-16(11-12-21)17-9-5-6-10-18(17)20(14)19(22)23-13-15-7-3-2-4-8-15/h2-10,21H,11-13H2,1H3. The van der Waals surface area contributed by atoms with Crippen LogP contribution in [0.3, 0.4) is 0 Å². The monoisotopic (exact) mass is 309 g/mol. The summed E-state index contributed by atoms with van der Waals surface area (Å²) in [4.78, 5) is 12.5. The average Bonchev–Trinajstić information content (AvgIpc) is 2.86. The van der Waals surface area contributed by atoms with E-state index in [9.17, 15) is 9.90 Å². The van der Waals surface area contributed by atoms with Gasteiger partial charge in [-0.3, -0.25) is 0 Å². The lowest BCUT2D eigenvalue weighted by atomic mass is 10.1. The molecule has 0 spiro atoms. The van der Waals surface area contributed by atoms with Crippen LogP contribution in [0.5, 0.6) is 0 Å². The summed E-state index contributed by atoms with van der Waals surface area (Å²) in [5.74, 6) is 0. The normalized spacial score (nSPS) is 10.9. The van der Waals surface area contributed by atoms with Crippen LogP contribution in [0.15, 0.2) is 54.6 Å². The Morgan fingerprint density at radius 3 is 2.52 bits per heavy atom. The molecule has 4 nitrogen and oxygen atoms in total. The summed E-state index contributed by atoms with van der Waals surface area (Å²) in [5, 5.41) is 10.3. The van der Waals surface area contributed by atoms with E-state index in [0.29, 0.717) is 6.42 Å². The van der Waals surface area contributed by atoms with Crippen LogP contribution in [-0.2, 0) is 17.8 Å². The Labute approximate surface area is 134 Å². The highest BCUT2D eigenvalue weighted by Crippen LogP contribution is 2.26. The quantitative estimate of drug-likeness (QED) is 0.800. The van der Waals surface area contributed by atoms with Gasteiger partial charge in [-0.2, -0.15) is 0 Å². The molecule has 0 radical (unpaired) electrons.